The van der Waals surface area contributed by atoms with E-state index in [9.17, 15) is 4.39 Å². The normalized spacial score (nSPS) is 10.9. The van der Waals surface area contributed by atoms with Gasteiger partial charge in [-0.1, -0.05) is 29.8 Å². The smallest absolute Gasteiger partial charge is 0.124 e. The van der Waals surface area contributed by atoms with Gasteiger partial charge in [0.2, 0.25) is 0 Å². The summed E-state index contributed by atoms with van der Waals surface area (Å²) in [5, 5.41) is 1.41. The van der Waals surface area contributed by atoms with Crippen molar-refractivity contribution < 1.29 is 4.39 Å². The lowest BCUT2D eigenvalue weighted by atomic mass is 10.2. The van der Waals surface area contributed by atoms with Crippen molar-refractivity contribution in [3.05, 3.63) is 53.3 Å². The molecular weight excluding hydrogens is 257 g/mol. The topological polar surface area (TPSA) is 12.9 Å². The summed E-state index contributed by atoms with van der Waals surface area (Å²) in [7, 11) is 0. The maximum absolute atomic E-state index is 13.1. The highest BCUT2D eigenvalue weighted by Gasteiger charge is 2.08. The number of aromatic nitrogens is 1. The van der Waals surface area contributed by atoms with Gasteiger partial charge >= 0.3 is 0 Å². The van der Waals surface area contributed by atoms with Gasteiger partial charge in [-0.15, -0.1) is 11.3 Å². The van der Waals surface area contributed by atoms with Crippen molar-refractivity contribution in [3.63, 3.8) is 0 Å². The number of rotatable bonds is 1. The predicted molar refractivity (Wildman–Crippen MR) is 70.0 cm³/mol. The Morgan fingerprint density at radius 1 is 1.12 bits per heavy atom. The van der Waals surface area contributed by atoms with E-state index in [0.717, 1.165) is 20.8 Å². The molecule has 17 heavy (non-hydrogen) atoms. The minimum atomic E-state index is -0.257. The van der Waals surface area contributed by atoms with Crippen LogP contribution in [0, 0.1) is 5.82 Å². The summed E-state index contributed by atoms with van der Waals surface area (Å²) in [4.78, 5) is 4.44. The minimum Gasteiger partial charge on any atom is -0.234 e. The molecule has 0 amide bonds. The minimum absolute atomic E-state index is 0.257. The molecule has 3 aromatic rings. The molecule has 4 heteroatoms. The van der Waals surface area contributed by atoms with Crippen molar-refractivity contribution in [3.8, 4) is 10.6 Å². The fraction of sp³-hybridized carbons (Fsp3) is 0. The summed E-state index contributed by atoms with van der Waals surface area (Å²) in [6, 6.07) is 12.1. The van der Waals surface area contributed by atoms with Crippen LogP contribution >= 0.6 is 22.9 Å². The van der Waals surface area contributed by atoms with Crippen molar-refractivity contribution in [1.82, 2.24) is 4.98 Å². The van der Waals surface area contributed by atoms with Crippen molar-refractivity contribution in [1.29, 1.82) is 0 Å². The summed E-state index contributed by atoms with van der Waals surface area (Å²) < 4.78 is 14.1. The molecule has 2 aromatic carbocycles. The molecule has 0 saturated heterocycles. The number of thiazole rings is 1. The Labute approximate surface area is 106 Å². The lowest BCUT2D eigenvalue weighted by molar-refractivity contribution is 0.628. The van der Waals surface area contributed by atoms with Crippen molar-refractivity contribution in [2.75, 3.05) is 0 Å². The van der Waals surface area contributed by atoms with Crippen LogP contribution in [0.15, 0.2) is 42.5 Å². The molecule has 0 unspecified atom stereocenters. The maximum atomic E-state index is 13.1. The molecule has 1 aromatic heterocycles. The monoisotopic (exact) mass is 263 g/mol. The highest BCUT2D eigenvalue weighted by molar-refractivity contribution is 7.21. The molecule has 1 nitrogen and oxygen atoms in total. The third-order valence-corrected chi connectivity index (χ3v) is 3.82. The lowest BCUT2D eigenvalue weighted by Crippen LogP contribution is -1.78. The number of benzene rings is 2. The average molecular weight is 264 g/mol. The van der Waals surface area contributed by atoms with Gasteiger partial charge in [-0.3, -0.25) is 0 Å². The maximum Gasteiger partial charge on any atom is 0.124 e. The molecule has 0 aliphatic heterocycles. The van der Waals surface area contributed by atoms with Crippen LogP contribution in [0.5, 0.6) is 0 Å². The summed E-state index contributed by atoms with van der Waals surface area (Å²) in [5.41, 5.74) is 1.56. The first-order chi connectivity index (χ1) is 8.24. The first kappa shape index (κ1) is 10.7. The molecular formula is C13H7ClFNS. The zero-order valence-electron chi connectivity index (χ0n) is 8.65. The molecule has 0 aliphatic carbocycles. The van der Waals surface area contributed by atoms with E-state index in [4.69, 9.17) is 11.6 Å². The molecule has 0 aliphatic rings. The van der Waals surface area contributed by atoms with Gasteiger partial charge in [0.1, 0.15) is 16.3 Å². The molecule has 0 spiro atoms. The molecule has 0 bridgehead atoms. The van der Waals surface area contributed by atoms with E-state index >= 15 is 0 Å². The van der Waals surface area contributed by atoms with Crippen LogP contribution in [0.2, 0.25) is 5.02 Å². The van der Waals surface area contributed by atoms with Crippen LogP contribution in [-0.2, 0) is 0 Å². The third-order valence-electron chi connectivity index (χ3n) is 2.44. The van der Waals surface area contributed by atoms with Crippen molar-refractivity contribution in [2.24, 2.45) is 0 Å². The summed E-state index contributed by atoms with van der Waals surface area (Å²) in [6.07, 6.45) is 0. The van der Waals surface area contributed by atoms with E-state index in [1.807, 2.05) is 18.2 Å². The standard InChI is InChI=1S/C13H7ClFNS/c14-10-5-2-6-11-12(10)16-13(17-11)8-3-1-4-9(15)7-8/h1-7H. The average Bonchev–Trinajstić information content (AvgIpc) is 2.74. The van der Waals surface area contributed by atoms with E-state index in [1.54, 1.807) is 12.1 Å². The van der Waals surface area contributed by atoms with Crippen LogP contribution in [0.3, 0.4) is 0 Å². The quantitative estimate of drug-likeness (QED) is 0.617. The van der Waals surface area contributed by atoms with Gasteiger partial charge in [-0.25, -0.2) is 9.37 Å². The molecule has 0 saturated carbocycles. The Hall–Kier alpha value is -1.45. The van der Waals surface area contributed by atoms with Crippen LogP contribution in [0.25, 0.3) is 20.8 Å². The second-order valence-corrected chi connectivity index (χ2v) is 5.05. The fourth-order valence-electron chi connectivity index (χ4n) is 1.66. The Morgan fingerprint density at radius 3 is 2.71 bits per heavy atom. The Morgan fingerprint density at radius 2 is 1.94 bits per heavy atom. The Balaban J connectivity index is 2.22. The van der Waals surface area contributed by atoms with Gasteiger partial charge in [0.05, 0.1) is 9.72 Å². The fourth-order valence-corrected chi connectivity index (χ4v) is 2.92. The van der Waals surface area contributed by atoms with Gasteiger partial charge in [0.15, 0.2) is 0 Å². The van der Waals surface area contributed by atoms with E-state index in [0.29, 0.717) is 5.02 Å². The summed E-state index contributed by atoms with van der Waals surface area (Å²) >= 11 is 7.57. The van der Waals surface area contributed by atoms with E-state index in [1.165, 1.54) is 23.5 Å². The lowest BCUT2D eigenvalue weighted by Gasteiger charge is -1.94. The van der Waals surface area contributed by atoms with Crippen molar-refractivity contribution >= 4 is 33.2 Å². The van der Waals surface area contributed by atoms with Gasteiger partial charge in [-0.05, 0) is 24.3 Å². The highest BCUT2D eigenvalue weighted by atomic mass is 35.5. The van der Waals surface area contributed by atoms with Gasteiger partial charge in [-0.2, -0.15) is 0 Å². The van der Waals surface area contributed by atoms with Crippen LogP contribution in [-0.4, -0.2) is 4.98 Å². The predicted octanol–water partition coefficient (Wildman–Crippen LogP) is 4.76. The van der Waals surface area contributed by atoms with Gasteiger partial charge in [0.25, 0.3) is 0 Å². The summed E-state index contributed by atoms with van der Waals surface area (Å²) in [6.45, 7) is 0. The number of fused-ring (bicyclic) bond motifs is 1. The summed E-state index contributed by atoms with van der Waals surface area (Å²) in [5.74, 6) is -0.257. The largest absolute Gasteiger partial charge is 0.234 e. The van der Waals surface area contributed by atoms with E-state index < -0.39 is 0 Å². The third kappa shape index (κ3) is 1.92. The zero-order chi connectivity index (χ0) is 11.8. The number of hydrogen-bond donors (Lipinski definition) is 0. The Bertz CT molecular complexity index is 693. The second-order valence-electron chi connectivity index (χ2n) is 3.62. The first-order valence-electron chi connectivity index (χ1n) is 5.05. The van der Waals surface area contributed by atoms with Crippen LogP contribution in [0.4, 0.5) is 4.39 Å². The first-order valence-corrected chi connectivity index (χ1v) is 6.24. The van der Waals surface area contributed by atoms with Crippen LogP contribution in [0.1, 0.15) is 0 Å². The van der Waals surface area contributed by atoms with E-state index in [2.05, 4.69) is 4.98 Å². The molecule has 84 valence electrons. The molecule has 0 atom stereocenters. The van der Waals surface area contributed by atoms with Gasteiger partial charge in [0, 0.05) is 5.56 Å². The molecule has 0 fully saturated rings. The zero-order valence-corrected chi connectivity index (χ0v) is 10.2. The molecule has 0 N–H and O–H groups in total. The molecule has 3 rings (SSSR count). The second kappa shape index (κ2) is 4.09. The highest BCUT2D eigenvalue weighted by Crippen LogP contribution is 2.33. The molecule has 1 heterocycles. The Kier molecular flexibility index (Phi) is 2.57. The number of nitrogens with zero attached hydrogens (tertiary/aromatic N) is 1. The van der Waals surface area contributed by atoms with E-state index in [-0.39, 0.29) is 5.82 Å². The number of para-hydroxylation sites is 1. The number of halogens is 2. The molecule has 0 radical (unpaired) electrons. The van der Waals surface area contributed by atoms with Crippen molar-refractivity contribution in [2.45, 2.75) is 0 Å². The SMILES string of the molecule is Fc1cccc(-c2nc3c(Cl)cccc3s2)c1. The van der Waals surface area contributed by atoms with Crippen LogP contribution < -0.4 is 0 Å². The van der Waals surface area contributed by atoms with Gasteiger partial charge < -0.3 is 0 Å². The number of hydrogen-bond acceptors (Lipinski definition) is 2.